The minimum absolute atomic E-state index is 0.381. The lowest BCUT2D eigenvalue weighted by atomic mass is 10.1. The number of ketones is 1. The van der Waals surface area contributed by atoms with Gasteiger partial charge in [-0.15, -0.1) is 0 Å². The first-order valence-corrected chi connectivity index (χ1v) is 5.63. The molecule has 0 bridgehead atoms. The van der Waals surface area contributed by atoms with Crippen molar-refractivity contribution in [2.24, 2.45) is 0 Å². The zero-order valence-corrected chi connectivity index (χ0v) is 9.46. The summed E-state index contributed by atoms with van der Waals surface area (Å²) in [6.07, 6.45) is 13.8. The first-order valence-electron chi connectivity index (χ1n) is 5.63. The summed E-state index contributed by atoms with van der Waals surface area (Å²) in [6.45, 7) is 4.21. The van der Waals surface area contributed by atoms with Gasteiger partial charge in [-0.2, -0.15) is 0 Å². The van der Waals surface area contributed by atoms with E-state index in [0.717, 1.165) is 25.7 Å². The molecule has 0 aromatic carbocycles. The molecule has 0 radical (unpaired) electrons. The zero-order chi connectivity index (χ0) is 10.6. The molecule has 0 aliphatic carbocycles. The Kier molecular flexibility index (Phi) is 9.61. The third-order valence-corrected chi connectivity index (χ3v) is 1.98. The summed E-state index contributed by atoms with van der Waals surface area (Å²) in [6, 6.07) is 0. The molecule has 14 heavy (non-hydrogen) atoms. The molecule has 0 aliphatic rings. The van der Waals surface area contributed by atoms with E-state index in [1.165, 1.54) is 0 Å². The minimum Gasteiger partial charge on any atom is -0.300 e. The van der Waals surface area contributed by atoms with Gasteiger partial charge in [-0.1, -0.05) is 38.2 Å². The molecule has 0 N–H and O–H groups in total. The van der Waals surface area contributed by atoms with Gasteiger partial charge in [0.15, 0.2) is 0 Å². The van der Waals surface area contributed by atoms with E-state index in [1.54, 1.807) is 0 Å². The molecule has 0 amide bonds. The van der Waals surface area contributed by atoms with Crippen LogP contribution in [0.1, 0.15) is 52.4 Å². The summed E-state index contributed by atoms with van der Waals surface area (Å²) in [5, 5.41) is 0. The molecular weight excluding hydrogens is 172 g/mol. The molecule has 0 atom stereocenters. The predicted molar refractivity (Wildman–Crippen MR) is 62.3 cm³/mol. The maximum absolute atomic E-state index is 11.3. The lowest BCUT2D eigenvalue weighted by molar-refractivity contribution is -0.118. The van der Waals surface area contributed by atoms with Crippen LogP contribution in [0.3, 0.4) is 0 Å². The number of allylic oxidation sites excluding steroid dienone is 4. The van der Waals surface area contributed by atoms with E-state index in [0.29, 0.717) is 18.6 Å². The molecule has 0 aromatic heterocycles. The standard InChI is InChI=1S/C13H22O/c1-3-5-7-9-11-13(14)12-10-8-6-4-2/h5-8H,3-4,9-12H2,1-2H3. The molecule has 0 saturated carbocycles. The Morgan fingerprint density at radius 3 is 1.64 bits per heavy atom. The summed E-state index contributed by atoms with van der Waals surface area (Å²) in [5.41, 5.74) is 0. The van der Waals surface area contributed by atoms with Crippen LogP contribution in [-0.4, -0.2) is 5.78 Å². The summed E-state index contributed by atoms with van der Waals surface area (Å²) in [7, 11) is 0. The van der Waals surface area contributed by atoms with Crippen molar-refractivity contribution in [1.82, 2.24) is 0 Å². The summed E-state index contributed by atoms with van der Waals surface area (Å²) in [5.74, 6) is 0.381. The number of hydrogen-bond donors (Lipinski definition) is 0. The second kappa shape index (κ2) is 10.2. The van der Waals surface area contributed by atoms with Crippen LogP contribution in [0.25, 0.3) is 0 Å². The third kappa shape index (κ3) is 9.24. The van der Waals surface area contributed by atoms with Crippen molar-refractivity contribution in [2.45, 2.75) is 52.4 Å². The first kappa shape index (κ1) is 13.2. The van der Waals surface area contributed by atoms with E-state index in [9.17, 15) is 4.79 Å². The van der Waals surface area contributed by atoms with E-state index >= 15 is 0 Å². The highest BCUT2D eigenvalue weighted by atomic mass is 16.1. The van der Waals surface area contributed by atoms with Crippen molar-refractivity contribution in [3.05, 3.63) is 24.3 Å². The topological polar surface area (TPSA) is 17.1 Å². The van der Waals surface area contributed by atoms with Crippen molar-refractivity contribution in [1.29, 1.82) is 0 Å². The van der Waals surface area contributed by atoms with Crippen molar-refractivity contribution in [3.8, 4) is 0 Å². The second-order valence-corrected chi connectivity index (χ2v) is 3.38. The van der Waals surface area contributed by atoms with Crippen molar-refractivity contribution >= 4 is 5.78 Å². The van der Waals surface area contributed by atoms with Gasteiger partial charge in [-0.25, -0.2) is 0 Å². The highest BCUT2D eigenvalue weighted by molar-refractivity contribution is 5.78. The average molecular weight is 194 g/mol. The van der Waals surface area contributed by atoms with Gasteiger partial charge in [0, 0.05) is 12.8 Å². The Bertz CT molecular complexity index is 169. The molecule has 0 fully saturated rings. The lowest BCUT2D eigenvalue weighted by Crippen LogP contribution is -1.95. The van der Waals surface area contributed by atoms with Crippen molar-refractivity contribution in [2.75, 3.05) is 0 Å². The van der Waals surface area contributed by atoms with Crippen molar-refractivity contribution < 1.29 is 4.79 Å². The number of hydrogen-bond acceptors (Lipinski definition) is 1. The van der Waals surface area contributed by atoms with E-state index in [1.807, 2.05) is 0 Å². The van der Waals surface area contributed by atoms with Gasteiger partial charge in [0.25, 0.3) is 0 Å². The van der Waals surface area contributed by atoms with Crippen LogP contribution in [0.15, 0.2) is 24.3 Å². The third-order valence-electron chi connectivity index (χ3n) is 1.98. The molecule has 0 unspecified atom stereocenters. The monoisotopic (exact) mass is 194 g/mol. The van der Waals surface area contributed by atoms with Gasteiger partial charge >= 0.3 is 0 Å². The molecule has 0 aromatic rings. The number of rotatable bonds is 8. The van der Waals surface area contributed by atoms with E-state index in [2.05, 4.69) is 38.2 Å². The Hall–Kier alpha value is -0.850. The van der Waals surface area contributed by atoms with Gasteiger partial charge < -0.3 is 0 Å². The van der Waals surface area contributed by atoms with Gasteiger partial charge in [0.05, 0.1) is 0 Å². The van der Waals surface area contributed by atoms with E-state index in [4.69, 9.17) is 0 Å². The van der Waals surface area contributed by atoms with Crippen LogP contribution in [0.4, 0.5) is 0 Å². The van der Waals surface area contributed by atoms with Gasteiger partial charge in [-0.05, 0) is 25.7 Å². The number of carbonyl (C=O) groups is 1. The molecule has 80 valence electrons. The highest BCUT2D eigenvalue weighted by Gasteiger charge is 1.97. The molecule has 0 saturated heterocycles. The largest absolute Gasteiger partial charge is 0.300 e. The smallest absolute Gasteiger partial charge is 0.133 e. The van der Waals surface area contributed by atoms with Crippen LogP contribution in [0.2, 0.25) is 0 Å². The molecular formula is C13H22O. The summed E-state index contributed by atoms with van der Waals surface area (Å²) in [4.78, 5) is 11.3. The fourth-order valence-electron chi connectivity index (χ4n) is 1.18. The maximum atomic E-state index is 11.3. The zero-order valence-electron chi connectivity index (χ0n) is 9.46. The maximum Gasteiger partial charge on any atom is 0.133 e. The van der Waals surface area contributed by atoms with Crippen LogP contribution in [0, 0.1) is 0 Å². The number of Topliss-reactive ketones (excluding diaryl/α,β-unsaturated/α-hetero) is 1. The Morgan fingerprint density at radius 1 is 0.857 bits per heavy atom. The molecule has 0 aliphatic heterocycles. The SMILES string of the molecule is CCC=CCCC(=O)CCC=CCC. The Morgan fingerprint density at radius 2 is 1.29 bits per heavy atom. The van der Waals surface area contributed by atoms with E-state index < -0.39 is 0 Å². The quantitative estimate of drug-likeness (QED) is 0.533. The average Bonchev–Trinajstić information content (AvgIpc) is 2.19. The fraction of sp³-hybridized carbons (Fsp3) is 0.615. The van der Waals surface area contributed by atoms with Crippen LogP contribution < -0.4 is 0 Å². The summed E-state index contributed by atoms with van der Waals surface area (Å²) >= 11 is 0. The lowest BCUT2D eigenvalue weighted by Gasteiger charge is -1.94. The second-order valence-electron chi connectivity index (χ2n) is 3.38. The van der Waals surface area contributed by atoms with Crippen LogP contribution in [-0.2, 0) is 4.79 Å². The van der Waals surface area contributed by atoms with Crippen LogP contribution >= 0.6 is 0 Å². The molecule has 1 nitrogen and oxygen atoms in total. The van der Waals surface area contributed by atoms with E-state index in [-0.39, 0.29) is 0 Å². The molecule has 0 rings (SSSR count). The molecule has 1 heteroatoms. The van der Waals surface area contributed by atoms with Crippen LogP contribution in [0.5, 0.6) is 0 Å². The molecule has 0 heterocycles. The minimum atomic E-state index is 0.381. The van der Waals surface area contributed by atoms with Crippen molar-refractivity contribution in [3.63, 3.8) is 0 Å². The molecule has 0 spiro atoms. The van der Waals surface area contributed by atoms with Gasteiger partial charge in [0.2, 0.25) is 0 Å². The Labute approximate surface area is 87.9 Å². The Balaban J connectivity index is 3.37. The predicted octanol–water partition coefficient (Wildman–Crippen LogP) is 4.05. The fourth-order valence-corrected chi connectivity index (χ4v) is 1.18. The first-order chi connectivity index (χ1) is 6.81. The van der Waals surface area contributed by atoms with Gasteiger partial charge in [0.1, 0.15) is 5.78 Å². The highest BCUT2D eigenvalue weighted by Crippen LogP contribution is 2.01. The normalized spacial score (nSPS) is 11.6. The number of carbonyl (C=O) groups excluding carboxylic acids is 1. The van der Waals surface area contributed by atoms with Gasteiger partial charge in [-0.3, -0.25) is 4.79 Å². The summed E-state index contributed by atoms with van der Waals surface area (Å²) < 4.78 is 0.